The number of amides is 1. The smallest absolute Gasteiger partial charge is 0.326 e. The average molecular weight is 215 g/mol. The van der Waals surface area contributed by atoms with Crippen molar-refractivity contribution >= 4 is 11.9 Å². The number of carbonyl (C=O) groups excluding carboxylic acids is 1. The van der Waals surface area contributed by atoms with Gasteiger partial charge in [-0.05, 0) is 19.3 Å². The van der Waals surface area contributed by atoms with Crippen LogP contribution in [-0.4, -0.2) is 35.7 Å². The molecule has 1 rings (SSSR count). The quantitative estimate of drug-likeness (QED) is 0.701. The van der Waals surface area contributed by atoms with Crippen molar-refractivity contribution in [2.75, 3.05) is 6.61 Å². The first-order valence-corrected chi connectivity index (χ1v) is 5.30. The van der Waals surface area contributed by atoms with Crippen LogP contribution in [0, 0.1) is 0 Å². The fourth-order valence-electron chi connectivity index (χ4n) is 1.60. The summed E-state index contributed by atoms with van der Waals surface area (Å²) < 4.78 is 5.17. The number of hydrogen-bond acceptors (Lipinski definition) is 3. The first-order chi connectivity index (χ1) is 7.15. The van der Waals surface area contributed by atoms with Gasteiger partial charge in [0, 0.05) is 6.61 Å². The van der Waals surface area contributed by atoms with Crippen LogP contribution in [0.4, 0.5) is 0 Å². The van der Waals surface area contributed by atoms with Crippen LogP contribution in [0.3, 0.4) is 0 Å². The summed E-state index contributed by atoms with van der Waals surface area (Å²) in [5.74, 6) is -1.28. The van der Waals surface area contributed by atoms with Crippen LogP contribution in [0.1, 0.15) is 32.6 Å². The van der Waals surface area contributed by atoms with Crippen molar-refractivity contribution in [3.05, 3.63) is 0 Å². The number of rotatable bonds is 5. The van der Waals surface area contributed by atoms with E-state index in [9.17, 15) is 9.59 Å². The van der Waals surface area contributed by atoms with E-state index in [2.05, 4.69) is 5.32 Å². The molecule has 1 heterocycles. The Balaban J connectivity index is 2.42. The van der Waals surface area contributed by atoms with Gasteiger partial charge in [-0.3, -0.25) is 4.79 Å². The van der Waals surface area contributed by atoms with Crippen LogP contribution in [0.5, 0.6) is 0 Å². The average Bonchev–Trinajstić information content (AvgIpc) is 2.69. The summed E-state index contributed by atoms with van der Waals surface area (Å²) in [5.41, 5.74) is 0. The van der Waals surface area contributed by atoms with Crippen molar-refractivity contribution in [1.29, 1.82) is 0 Å². The Morgan fingerprint density at radius 2 is 2.33 bits per heavy atom. The topological polar surface area (TPSA) is 75.6 Å². The fraction of sp³-hybridized carbons (Fsp3) is 0.800. The zero-order valence-corrected chi connectivity index (χ0v) is 8.86. The van der Waals surface area contributed by atoms with Gasteiger partial charge in [0.05, 0.1) is 0 Å². The van der Waals surface area contributed by atoms with Gasteiger partial charge in [-0.2, -0.15) is 0 Å². The Labute approximate surface area is 88.8 Å². The van der Waals surface area contributed by atoms with Crippen LogP contribution in [0.15, 0.2) is 0 Å². The first-order valence-electron chi connectivity index (χ1n) is 5.30. The first kappa shape index (κ1) is 12.0. The molecule has 1 unspecified atom stereocenters. The van der Waals surface area contributed by atoms with Crippen molar-refractivity contribution in [3.63, 3.8) is 0 Å². The highest BCUT2D eigenvalue weighted by atomic mass is 16.5. The maximum atomic E-state index is 11.5. The molecule has 1 saturated heterocycles. The molecule has 2 atom stereocenters. The zero-order chi connectivity index (χ0) is 11.3. The lowest BCUT2D eigenvalue weighted by atomic mass is 10.1. The van der Waals surface area contributed by atoms with E-state index in [0.717, 1.165) is 12.8 Å². The molecule has 0 saturated carbocycles. The Morgan fingerprint density at radius 1 is 1.60 bits per heavy atom. The van der Waals surface area contributed by atoms with Crippen LogP contribution in [0.2, 0.25) is 0 Å². The molecule has 1 aliphatic rings. The Morgan fingerprint density at radius 3 is 2.80 bits per heavy atom. The maximum Gasteiger partial charge on any atom is 0.326 e. The molecule has 5 nitrogen and oxygen atoms in total. The molecule has 1 aliphatic heterocycles. The molecular weight excluding hydrogens is 198 g/mol. The minimum Gasteiger partial charge on any atom is -0.480 e. The minimum atomic E-state index is -0.983. The van der Waals surface area contributed by atoms with E-state index in [4.69, 9.17) is 9.84 Å². The molecule has 0 aromatic rings. The molecule has 0 bridgehead atoms. The second-order valence-electron chi connectivity index (χ2n) is 3.69. The molecule has 1 amide bonds. The molecule has 15 heavy (non-hydrogen) atoms. The zero-order valence-electron chi connectivity index (χ0n) is 8.86. The Bertz CT molecular complexity index is 236. The molecular formula is C10H17NO4. The van der Waals surface area contributed by atoms with Gasteiger partial charge in [0.1, 0.15) is 12.1 Å². The maximum absolute atomic E-state index is 11.5. The lowest BCUT2D eigenvalue weighted by Gasteiger charge is -2.16. The van der Waals surface area contributed by atoms with Crippen molar-refractivity contribution in [1.82, 2.24) is 5.32 Å². The summed E-state index contributed by atoms with van der Waals surface area (Å²) in [4.78, 5) is 22.3. The van der Waals surface area contributed by atoms with E-state index in [-0.39, 0.29) is 5.91 Å². The highest BCUT2D eigenvalue weighted by molar-refractivity contribution is 5.86. The standard InChI is InChI=1S/C10H17NO4/c1-2-4-7(10(13)14)11-9(12)8-5-3-6-15-8/h7-8H,2-6H2,1H3,(H,11,12)(H,13,14)/t7?,8-/m1/s1. The number of hydrogen-bond donors (Lipinski definition) is 2. The number of aliphatic carboxylic acids is 1. The SMILES string of the molecule is CCCC(NC(=O)[C@H]1CCCO1)C(=O)O. The van der Waals surface area contributed by atoms with E-state index < -0.39 is 18.1 Å². The number of carboxylic acids is 1. The van der Waals surface area contributed by atoms with Crippen LogP contribution in [0.25, 0.3) is 0 Å². The minimum absolute atomic E-state index is 0.298. The van der Waals surface area contributed by atoms with Crippen molar-refractivity contribution < 1.29 is 19.4 Å². The third-order valence-electron chi connectivity index (χ3n) is 2.41. The van der Waals surface area contributed by atoms with Crippen molar-refractivity contribution in [2.45, 2.75) is 44.8 Å². The van der Waals surface area contributed by atoms with Gasteiger partial charge in [-0.1, -0.05) is 13.3 Å². The molecule has 0 aromatic heterocycles. The second kappa shape index (κ2) is 5.70. The fourth-order valence-corrected chi connectivity index (χ4v) is 1.60. The van der Waals surface area contributed by atoms with Gasteiger partial charge < -0.3 is 15.2 Å². The van der Waals surface area contributed by atoms with Gasteiger partial charge >= 0.3 is 5.97 Å². The second-order valence-corrected chi connectivity index (χ2v) is 3.69. The lowest BCUT2D eigenvalue weighted by molar-refractivity contribution is -0.143. The summed E-state index contributed by atoms with van der Waals surface area (Å²) in [6.07, 6.45) is 2.27. The summed E-state index contributed by atoms with van der Waals surface area (Å²) in [7, 11) is 0. The van der Waals surface area contributed by atoms with E-state index in [1.165, 1.54) is 0 Å². The number of carbonyl (C=O) groups is 2. The van der Waals surface area contributed by atoms with E-state index >= 15 is 0 Å². The molecule has 0 aromatic carbocycles. The van der Waals surface area contributed by atoms with Gasteiger partial charge in [0.25, 0.3) is 0 Å². The Hall–Kier alpha value is -1.10. The molecule has 0 spiro atoms. The van der Waals surface area contributed by atoms with Gasteiger partial charge in [0.15, 0.2) is 0 Å². The molecule has 1 fully saturated rings. The van der Waals surface area contributed by atoms with Crippen LogP contribution < -0.4 is 5.32 Å². The lowest BCUT2D eigenvalue weighted by Crippen LogP contribution is -2.45. The van der Waals surface area contributed by atoms with Gasteiger partial charge in [0.2, 0.25) is 5.91 Å². The van der Waals surface area contributed by atoms with E-state index in [0.29, 0.717) is 19.4 Å². The van der Waals surface area contributed by atoms with Crippen molar-refractivity contribution in [2.24, 2.45) is 0 Å². The summed E-state index contributed by atoms with van der Waals surface area (Å²) in [6.45, 7) is 2.47. The van der Waals surface area contributed by atoms with Gasteiger partial charge in [-0.25, -0.2) is 4.79 Å². The van der Waals surface area contributed by atoms with E-state index in [1.807, 2.05) is 6.92 Å². The molecule has 0 radical (unpaired) electrons. The van der Waals surface area contributed by atoms with Crippen molar-refractivity contribution in [3.8, 4) is 0 Å². The van der Waals surface area contributed by atoms with Gasteiger partial charge in [-0.15, -0.1) is 0 Å². The highest BCUT2D eigenvalue weighted by Crippen LogP contribution is 2.12. The predicted molar refractivity (Wildman–Crippen MR) is 53.4 cm³/mol. The number of nitrogens with one attached hydrogen (secondary N) is 1. The molecule has 86 valence electrons. The summed E-state index contributed by atoms with van der Waals surface area (Å²) >= 11 is 0. The number of ether oxygens (including phenoxy) is 1. The summed E-state index contributed by atoms with van der Waals surface area (Å²) in [5, 5.41) is 11.3. The third kappa shape index (κ3) is 3.51. The Kier molecular flexibility index (Phi) is 4.55. The monoisotopic (exact) mass is 215 g/mol. The van der Waals surface area contributed by atoms with Crippen LogP contribution >= 0.6 is 0 Å². The molecule has 5 heteroatoms. The van der Waals surface area contributed by atoms with Crippen LogP contribution in [-0.2, 0) is 14.3 Å². The largest absolute Gasteiger partial charge is 0.480 e. The molecule has 0 aliphatic carbocycles. The summed E-state index contributed by atoms with van der Waals surface area (Å²) in [6, 6.07) is -0.785. The normalized spacial score (nSPS) is 22.3. The highest BCUT2D eigenvalue weighted by Gasteiger charge is 2.27. The van der Waals surface area contributed by atoms with E-state index in [1.54, 1.807) is 0 Å². The molecule has 2 N–H and O–H groups in total. The third-order valence-corrected chi connectivity index (χ3v) is 2.41. The predicted octanol–water partition coefficient (Wildman–Crippen LogP) is 0.535. The number of carboxylic acid groups (broad SMARTS) is 1.